The van der Waals surface area contributed by atoms with Gasteiger partial charge in [0.15, 0.2) is 0 Å². The molecule has 2 rings (SSSR count). The largest absolute Gasteiger partial charge is 0.374 e. The number of hydrogen-bond donors (Lipinski definition) is 1. The molecule has 0 spiro atoms. The number of benzene rings is 1. The quantitative estimate of drug-likeness (QED) is 0.828. The Bertz CT molecular complexity index is 572. The van der Waals surface area contributed by atoms with E-state index in [9.17, 15) is 0 Å². The molecule has 0 radical (unpaired) electrons. The van der Waals surface area contributed by atoms with Gasteiger partial charge in [-0.25, -0.2) is 0 Å². The predicted molar refractivity (Wildman–Crippen MR) is 90.0 cm³/mol. The molecule has 21 heavy (non-hydrogen) atoms. The number of nitrogens with one attached hydrogen (secondary N) is 1. The van der Waals surface area contributed by atoms with Crippen molar-refractivity contribution in [3.63, 3.8) is 0 Å². The molecule has 6 heteroatoms. The minimum atomic E-state index is 0.268. The van der Waals surface area contributed by atoms with Crippen molar-refractivity contribution < 1.29 is 0 Å². The van der Waals surface area contributed by atoms with Gasteiger partial charge in [-0.15, -0.1) is 5.10 Å². The molecule has 0 bridgehead atoms. The summed E-state index contributed by atoms with van der Waals surface area (Å²) in [6, 6.07) is 8.26. The summed E-state index contributed by atoms with van der Waals surface area (Å²) in [7, 11) is 2.09. The van der Waals surface area contributed by atoms with Crippen LogP contribution in [0, 0.1) is 0 Å². The standard InChI is InChI=1S/C15H21ClN4S/c1-4-8-17-15-14(18-19-21-15)10-20(3)11(2)12-6-5-7-13(16)9-12/h5-7,9,11,17H,4,8,10H2,1-3H3. The molecule has 1 aromatic heterocycles. The lowest BCUT2D eigenvalue weighted by atomic mass is 10.1. The van der Waals surface area contributed by atoms with Gasteiger partial charge < -0.3 is 5.32 Å². The maximum atomic E-state index is 6.07. The van der Waals surface area contributed by atoms with E-state index in [1.807, 2.05) is 18.2 Å². The molecule has 0 fully saturated rings. The molecule has 114 valence electrons. The van der Waals surface area contributed by atoms with Crippen LogP contribution in [0.2, 0.25) is 5.02 Å². The summed E-state index contributed by atoms with van der Waals surface area (Å²) < 4.78 is 4.06. The second-order valence-electron chi connectivity index (χ2n) is 5.12. The minimum Gasteiger partial charge on any atom is -0.374 e. The Labute approximate surface area is 135 Å². The van der Waals surface area contributed by atoms with Crippen molar-refractivity contribution in [2.24, 2.45) is 0 Å². The van der Waals surface area contributed by atoms with E-state index in [1.54, 1.807) is 0 Å². The van der Waals surface area contributed by atoms with Crippen LogP contribution in [-0.2, 0) is 6.54 Å². The Morgan fingerprint density at radius 2 is 2.24 bits per heavy atom. The highest BCUT2D eigenvalue weighted by molar-refractivity contribution is 7.10. The Balaban J connectivity index is 2.04. The van der Waals surface area contributed by atoms with E-state index in [2.05, 4.69) is 46.8 Å². The van der Waals surface area contributed by atoms with Crippen LogP contribution in [0.5, 0.6) is 0 Å². The molecule has 1 heterocycles. The molecule has 2 aromatic rings. The molecular formula is C15H21ClN4S. The molecule has 0 aliphatic carbocycles. The molecular weight excluding hydrogens is 304 g/mol. The number of rotatable bonds is 7. The van der Waals surface area contributed by atoms with E-state index in [-0.39, 0.29) is 6.04 Å². The van der Waals surface area contributed by atoms with Gasteiger partial charge >= 0.3 is 0 Å². The topological polar surface area (TPSA) is 41.1 Å². The third-order valence-electron chi connectivity index (χ3n) is 3.48. The fourth-order valence-electron chi connectivity index (χ4n) is 2.08. The van der Waals surface area contributed by atoms with E-state index in [1.165, 1.54) is 17.1 Å². The molecule has 1 atom stereocenters. The lowest BCUT2D eigenvalue weighted by Crippen LogP contribution is -2.22. The van der Waals surface area contributed by atoms with Crippen LogP contribution >= 0.6 is 23.1 Å². The fourth-order valence-corrected chi connectivity index (χ4v) is 2.88. The van der Waals surface area contributed by atoms with Gasteiger partial charge in [0.05, 0.1) is 0 Å². The van der Waals surface area contributed by atoms with Crippen molar-refractivity contribution in [2.75, 3.05) is 18.9 Å². The zero-order valence-electron chi connectivity index (χ0n) is 12.6. The van der Waals surface area contributed by atoms with Crippen LogP contribution in [0.3, 0.4) is 0 Å². The van der Waals surface area contributed by atoms with E-state index in [0.717, 1.165) is 35.2 Å². The normalized spacial score (nSPS) is 12.6. The Hall–Kier alpha value is -1.17. The van der Waals surface area contributed by atoms with Crippen molar-refractivity contribution in [1.29, 1.82) is 0 Å². The first-order chi connectivity index (χ1) is 10.1. The maximum Gasteiger partial charge on any atom is 0.134 e. The summed E-state index contributed by atoms with van der Waals surface area (Å²) >= 11 is 7.49. The van der Waals surface area contributed by atoms with Crippen LogP contribution < -0.4 is 5.32 Å². The van der Waals surface area contributed by atoms with Crippen LogP contribution in [0.4, 0.5) is 5.00 Å². The lowest BCUT2D eigenvalue weighted by Gasteiger charge is -2.24. The van der Waals surface area contributed by atoms with Crippen molar-refractivity contribution in [3.05, 3.63) is 40.5 Å². The molecule has 1 N–H and O–H groups in total. The molecule has 4 nitrogen and oxygen atoms in total. The average Bonchev–Trinajstić information content (AvgIpc) is 2.91. The average molecular weight is 325 g/mol. The first-order valence-corrected chi connectivity index (χ1v) is 8.27. The number of nitrogens with zero attached hydrogens (tertiary/aromatic N) is 3. The van der Waals surface area contributed by atoms with Crippen LogP contribution in [0.25, 0.3) is 0 Å². The molecule has 0 aliphatic rings. The highest BCUT2D eigenvalue weighted by Gasteiger charge is 2.16. The monoisotopic (exact) mass is 324 g/mol. The third-order valence-corrected chi connectivity index (χ3v) is 4.44. The van der Waals surface area contributed by atoms with Crippen molar-refractivity contribution in [1.82, 2.24) is 14.5 Å². The Morgan fingerprint density at radius 3 is 2.95 bits per heavy atom. The van der Waals surface area contributed by atoms with Gasteiger partial charge in [-0.3, -0.25) is 4.90 Å². The van der Waals surface area contributed by atoms with Crippen LogP contribution in [0.15, 0.2) is 24.3 Å². The molecule has 0 saturated heterocycles. The predicted octanol–water partition coefficient (Wildman–Crippen LogP) is 4.21. The van der Waals surface area contributed by atoms with Crippen molar-refractivity contribution in [3.8, 4) is 0 Å². The highest BCUT2D eigenvalue weighted by atomic mass is 35.5. The summed E-state index contributed by atoms with van der Waals surface area (Å²) in [5, 5.41) is 9.47. The summed E-state index contributed by atoms with van der Waals surface area (Å²) in [5.41, 5.74) is 2.21. The van der Waals surface area contributed by atoms with Gasteiger partial charge in [0.2, 0.25) is 0 Å². The fraction of sp³-hybridized carbons (Fsp3) is 0.467. The lowest BCUT2D eigenvalue weighted by molar-refractivity contribution is 0.250. The second-order valence-corrected chi connectivity index (χ2v) is 6.31. The third kappa shape index (κ3) is 4.40. The number of aromatic nitrogens is 2. The highest BCUT2D eigenvalue weighted by Crippen LogP contribution is 2.25. The van der Waals surface area contributed by atoms with Crippen LogP contribution in [0.1, 0.15) is 37.6 Å². The SMILES string of the molecule is CCCNc1snnc1CN(C)C(C)c1cccc(Cl)c1. The Morgan fingerprint density at radius 1 is 1.43 bits per heavy atom. The summed E-state index contributed by atoms with van der Waals surface area (Å²) in [6.07, 6.45) is 1.09. The zero-order chi connectivity index (χ0) is 15.2. The summed E-state index contributed by atoms with van der Waals surface area (Å²) in [6.45, 7) is 6.03. The molecule has 0 saturated carbocycles. The molecule has 1 unspecified atom stereocenters. The van der Waals surface area contributed by atoms with Crippen molar-refractivity contribution >= 4 is 28.1 Å². The summed E-state index contributed by atoms with van der Waals surface area (Å²) in [5.74, 6) is 0. The van der Waals surface area contributed by atoms with Crippen molar-refractivity contribution in [2.45, 2.75) is 32.9 Å². The van der Waals surface area contributed by atoms with Gasteiger partial charge in [-0.05, 0) is 38.1 Å². The van der Waals surface area contributed by atoms with E-state index in [4.69, 9.17) is 11.6 Å². The number of hydrogen-bond acceptors (Lipinski definition) is 5. The van der Waals surface area contributed by atoms with E-state index >= 15 is 0 Å². The molecule has 0 aliphatic heterocycles. The Kier molecular flexibility index (Phi) is 5.96. The van der Waals surface area contributed by atoms with E-state index < -0.39 is 0 Å². The van der Waals surface area contributed by atoms with Gasteiger partial charge in [-0.2, -0.15) is 0 Å². The van der Waals surface area contributed by atoms with Gasteiger partial charge in [0.1, 0.15) is 10.7 Å². The first-order valence-electron chi connectivity index (χ1n) is 7.12. The van der Waals surface area contributed by atoms with E-state index in [0.29, 0.717) is 0 Å². The second kappa shape index (κ2) is 7.73. The maximum absolute atomic E-state index is 6.07. The van der Waals surface area contributed by atoms with Gasteiger partial charge in [0.25, 0.3) is 0 Å². The summed E-state index contributed by atoms with van der Waals surface area (Å²) in [4.78, 5) is 2.25. The first kappa shape index (κ1) is 16.2. The molecule has 0 amide bonds. The number of anilines is 1. The van der Waals surface area contributed by atoms with Gasteiger partial charge in [0, 0.05) is 35.7 Å². The zero-order valence-corrected chi connectivity index (χ0v) is 14.2. The smallest absolute Gasteiger partial charge is 0.134 e. The molecule has 1 aromatic carbocycles. The van der Waals surface area contributed by atoms with Gasteiger partial charge in [-0.1, -0.05) is 35.1 Å². The minimum absolute atomic E-state index is 0.268. The van der Waals surface area contributed by atoms with Crippen LogP contribution in [-0.4, -0.2) is 28.1 Å². The number of halogens is 1.